The third-order valence-electron chi connectivity index (χ3n) is 1.74. The summed E-state index contributed by atoms with van der Waals surface area (Å²) in [6.45, 7) is 0.435. The summed E-state index contributed by atoms with van der Waals surface area (Å²) in [5, 5.41) is 28.4. The lowest BCUT2D eigenvalue weighted by Gasteiger charge is -2.08. The Labute approximate surface area is 83.4 Å². The number of nitrogens with one attached hydrogen (secondary N) is 1. The van der Waals surface area contributed by atoms with Gasteiger partial charge in [0.05, 0.1) is 12.2 Å². The van der Waals surface area contributed by atoms with Gasteiger partial charge in [-0.25, -0.2) is 0 Å². The number of carbonyl (C=O) groups excluding carboxylic acids is 1. The first kappa shape index (κ1) is 12.9. The van der Waals surface area contributed by atoms with E-state index in [9.17, 15) is 9.90 Å². The Kier molecular flexibility index (Phi) is 7.80. The first-order valence-corrected chi connectivity index (χ1v) is 4.63. The Morgan fingerprint density at radius 3 is 2.79 bits per heavy atom. The first-order chi connectivity index (χ1) is 6.70. The molecule has 0 aromatic rings. The summed E-state index contributed by atoms with van der Waals surface area (Å²) in [6.07, 6.45) is 0.935. The highest BCUT2D eigenvalue weighted by Crippen LogP contribution is 1.99. The lowest BCUT2D eigenvalue weighted by atomic mass is 10.1. The van der Waals surface area contributed by atoms with E-state index in [0.29, 0.717) is 25.8 Å². The standard InChI is InChI=1S/C9H16N2O3/c10-5-3-9(14)11-6-1-2-8(13)4-7-12/h8,12-13H,1-4,6-7H2,(H,11,14). The van der Waals surface area contributed by atoms with E-state index in [1.165, 1.54) is 0 Å². The topological polar surface area (TPSA) is 93.4 Å². The maximum Gasteiger partial charge on any atom is 0.234 e. The molecule has 0 radical (unpaired) electrons. The molecule has 5 heteroatoms. The molecule has 0 aromatic heterocycles. The Morgan fingerprint density at radius 1 is 1.50 bits per heavy atom. The van der Waals surface area contributed by atoms with Crippen LogP contribution in [0.2, 0.25) is 0 Å². The van der Waals surface area contributed by atoms with Crippen LogP contribution in [-0.4, -0.2) is 35.4 Å². The van der Waals surface area contributed by atoms with Crippen molar-refractivity contribution in [2.24, 2.45) is 0 Å². The molecule has 0 aliphatic heterocycles. The molecule has 1 amide bonds. The van der Waals surface area contributed by atoms with E-state index >= 15 is 0 Å². The van der Waals surface area contributed by atoms with Crippen molar-refractivity contribution in [3.63, 3.8) is 0 Å². The molecule has 0 aromatic carbocycles. The van der Waals surface area contributed by atoms with Gasteiger partial charge in [0, 0.05) is 13.2 Å². The van der Waals surface area contributed by atoms with Crippen molar-refractivity contribution < 1.29 is 15.0 Å². The van der Waals surface area contributed by atoms with Crippen LogP contribution in [0.3, 0.4) is 0 Å². The molecule has 0 aliphatic carbocycles. The van der Waals surface area contributed by atoms with Crippen LogP contribution < -0.4 is 5.32 Å². The highest BCUT2D eigenvalue weighted by Gasteiger charge is 2.03. The van der Waals surface area contributed by atoms with Crippen LogP contribution in [-0.2, 0) is 4.79 Å². The lowest BCUT2D eigenvalue weighted by molar-refractivity contribution is -0.120. The Hall–Kier alpha value is -1.12. The molecule has 0 fully saturated rings. The molecule has 0 rings (SSSR count). The molecule has 1 unspecified atom stereocenters. The van der Waals surface area contributed by atoms with Gasteiger partial charge in [0.1, 0.15) is 6.42 Å². The predicted octanol–water partition coefficient (Wildman–Crippen LogP) is -0.460. The van der Waals surface area contributed by atoms with E-state index in [1.54, 1.807) is 6.07 Å². The molecule has 3 N–H and O–H groups in total. The fourth-order valence-corrected chi connectivity index (χ4v) is 0.993. The molecular weight excluding hydrogens is 184 g/mol. The van der Waals surface area contributed by atoms with Gasteiger partial charge in [-0.1, -0.05) is 0 Å². The number of nitriles is 1. The van der Waals surface area contributed by atoms with E-state index in [1.807, 2.05) is 0 Å². The van der Waals surface area contributed by atoms with Crippen molar-refractivity contribution in [2.75, 3.05) is 13.2 Å². The van der Waals surface area contributed by atoms with E-state index in [0.717, 1.165) is 0 Å². The summed E-state index contributed by atoms with van der Waals surface area (Å²) in [5.74, 6) is -0.288. The third-order valence-corrected chi connectivity index (χ3v) is 1.74. The fraction of sp³-hybridized carbons (Fsp3) is 0.778. The Bertz CT molecular complexity index is 201. The minimum atomic E-state index is -0.507. The van der Waals surface area contributed by atoms with Crippen molar-refractivity contribution >= 4 is 5.91 Å². The largest absolute Gasteiger partial charge is 0.396 e. The minimum absolute atomic E-state index is 0.0258. The van der Waals surface area contributed by atoms with Gasteiger partial charge in [0.15, 0.2) is 0 Å². The summed E-state index contributed by atoms with van der Waals surface area (Å²) in [5.41, 5.74) is 0. The molecule has 0 bridgehead atoms. The average Bonchev–Trinajstić information content (AvgIpc) is 2.13. The lowest BCUT2D eigenvalue weighted by Crippen LogP contribution is -2.24. The van der Waals surface area contributed by atoms with Crippen LogP contribution in [0.25, 0.3) is 0 Å². The molecule has 14 heavy (non-hydrogen) atoms. The first-order valence-electron chi connectivity index (χ1n) is 4.63. The van der Waals surface area contributed by atoms with Gasteiger partial charge < -0.3 is 15.5 Å². The van der Waals surface area contributed by atoms with E-state index in [-0.39, 0.29) is 18.9 Å². The van der Waals surface area contributed by atoms with Crippen LogP contribution in [0, 0.1) is 11.3 Å². The van der Waals surface area contributed by atoms with Gasteiger partial charge in [-0.05, 0) is 19.3 Å². The molecule has 0 aliphatic rings. The zero-order chi connectivity index (χ0) is 10.8. The molecule has 0 heterocycles. The van der Waals surface area contributed by atoms with Crippen LogP contribution in [0.15, 0.2) is 0 Å². The van der Waals surface area contributed by atoms with Gasteiger partial charge in [-0.15, -0.1) is 0 Å². The van der Waals surface area contributed by atoms with E-state index in [4.69, 9.17) is 10.4 Å². The highest BCUT2D eigenvalue weighted by molar-refractivity contribution is 5.77. The van der Waals surface area contributed by atoms with Crippen molar-refractivity contribution in [2.45, 2.75) is 31.8 Å². The summed E-state index contributed by atoms with van der Waals surface area (Å²) < 4.78 is 0. The maximum atomic E-state index is 10.8. The van der Waals surface area contributed by atoms with E-state index < -0.39 is 6.10 Å². The van der Waals surface area contributed by atoms with Gasteiger partial charge in [-0.2, -0.15) is 5.26 Å². The number of hydrogen-bond acceptors (Lipinski definition) is 4. The molecule has 5 nitrogen and oxygen atoms in total. The summed E-state index contributed by atoms with van der Waals surface area (Å²) in [7, 11) is 0. The summed E-state index contributed by atoms with van der Waals surface area (Å²) >= 11 is 0. The molecule has 0 saturated heterocycles. The quantitative estimate of drug-likeness (QED) is 0.485. The monoisotopic (exact) mass is 200 g/mol. The van der Waals surface area contributed by atoms with Crippen LogP contribution in [0.1, 0.15) is 25.7 Å². The summed E-state index contributed by atoms with van der Waals surface area (Å²) in [4.78, 5) is 10.8. The fourth-order valence-electron chi connectivity index (χ4n) is 0.993. The van der Waals surface area contributed by atoms with Crippen molar-refractivity contribution in [1.29, 1.82) is 5.26 Å². The smallest absolute Gasteiger partial charge is 0.234 e. The van der Waals surface area contributed by atoms with Gasteiger partial charge in [0.25, 0.3) is 0 Å². The highest BCUT2D eigenvalue weighted by atomic mass is 16.3. The summed E-state index contributed by atoms with van der Waals surface area (Å²) in [6, 6.07) is 1.74. The minimum Gasteiger partial charge on any atom is -0.396 e. The maximum absolute atomic E-state index is 10.8. The molecule has 1 atom stereocenters. The number of aliphatic hydroxyl groups excluding tert-OH is 2. The second-order valence-electron chi connectivity index (χ2n) is 2.99. The zero-order valence-electron chi connectivity index (χ0n) is 8.07. The molecule has 0 saturated carbocycles. The molecular formula is C9H16N2O3. The van der Waals surface area contributed by atoms with Crippen LogP contribution >= 0.6 is 0 Å². The third kappa shape index (κ3) is 7.53. The van der Waals surface area contributed by atoms with Crippen LogP contribution in [0.4, 0.5) is 0 Å². The van der Waals surface area contributed by atoms with Crippen molar-refractivity contribution in [3.05, 3.63) is 0 Å². The van der Waals surface area contributed by atoms with Gasteiger partial charge in [0.2, 0.25) is 5.91 Å². The SMILES string of the molecule is N#CCC(=O)NCCCC(O)CCO. The number of amides is 1. The average molecular weight is 200 g/mol. The number of aliphatic hydroxyl groups is 2. The second kappa shape index (κ2) is 8.48. The number of carbonyl (C=O) groups is 1. The number of rotatable bonds is 7. The zero-order valence-corrected chi connectivity index (χ0v) is 8.07. The molecule has 0 spiro atoms. The molecule has 80 valence electrons. The predicted molar refractivity (Wildman–Crippen MR) is 50.2 cm³/mol. The van der Waals surface area contributed by atoms with Gasteiger partial charge >= 0.3 is 0 Å². The number of hydrogen-bond donors (Lipinski definition) is 3. The van der Waals surface area contributed by atoms with Crippen molar-refractivity contribution in [1.82, 2.24) is 5.32 Å². The van der Waals surface area contributed by atoms with E-state index in [2.05, 4.69) is 5.32 Å². The van der Waals surface area contributed by atoms with Crippen LogP contribution in [0.5, 0.6) is 0 Å². The Morgan fingerprint density at radius 2 is 2.21 bits per heavy atom. The Balaban J connectivity index is 3.29. The normalized spacial score (nSPS) is 11.8. The van der Waals surface area contributed by atoms with Gasteiger partial charge in [-0.3, -0.25) is 4.79 Å². The number of nitrogens with zero attached hydrogens (tertiary/aromatic N) is 1. The van der Waals surface area contributed by atoms with Crippen molar-refractivity contribution in [3.8, 4) is 6.07 Å². The second-order valence-corrected chi connectivity index (χ2v) is 2.99.